The third kappa shape index (κ3) is 2.90. The van der Waals surface area contributed by atoms with E-state index < -0.39 is 6.23 Å². The minimum absolute atomic E-state index is 0.239. The van der Waals surface area contributed by atoms with Gasteiger partial charge in [-0.1, -0.05) is 23.5 Å². The van der Waals surface area contributed by atoms with Crippen LogP contribution in [-0.4, -0.2) is 39.6 Å². The maximum atomic E-state index is 10.1. The molecule has 6 nitrogen and oxygen atoms in total. The minimum Gasteiger partial charge on any atom is -0.373 e. The molecule has 0 aliphatic carbocycles. The highest BCUT2D eigenvalue weighted by molar-refractivity contribution is 7.14. The fourth-order valence-electron chi connectivity index (χ4n) is 2.57. The van der Waals surface area contributed by atoms with E-state index in [0.29, 0.717) is 5.82 Å². The fraction of sp³-hybridized carbons (Fsp3) is 0.312. The Morgan fingerprint density at radius 3 is 2.83 bits per heavy atom. The zero-order valence-electron chi connectivity index (χ0n) is 12.7. The first-order valence-corrected chi connectivity index (χ1v) is 8.36. The molecule has 118 valence electrons. The van der Waals surface area contributed by atoms with Crippen molar-refractivity contribution >= 4 is 27.9 Å². The van der Waals surface area contributed by atoms with E-state index in [4.69, 9.17) is 0 Å². The lowest BCUT2D eigenvalue weighted by Gasteiger charge is -2.32. The lowest BCUT2D eigenvalue weighted by atomic mass is 10.0. The van der Waals surface area contributed by atoms with Crippen molar-refractivity contribution in [1.82, 2.24) is 20.5 Å². The number of benzene rings is 1. The first-order chi connectivity index (χ1) is 11.2. The van der Waals surface area contributed by atoms with E-state index in [9.17, 15) is 5.11 Å². The molecule has 0 radical (unpaired) electrons. The smallest absolute Gasteiger partial charge is 0.147 e. The van der Waals surface area contributed by atoms with E-state index in [1.807, 2.05) is 31.3 Å². The average Bonchev–Trinajstić information content (AvgIpc) is 2.91. The van der Waals surface area contributed by atoms with Gasteiger partial charge in [-0.25, -0.2) is 4.98 Å². The van der Waals surface area contributed by atoms with Crippen LogP contribution in [0.3, 0.4) is 0 Å². The number of aromatic nitrogens is 3. The number of aliphatic hydroxyl groups is 1. The van der Waals surface area contributed by atoms with Crippen molar-refractivity contribution in [3.8, 4) is 10.6 Å². The number of nitrogens with one attached hydrogen (secondary N) is 2. The highest BCUT2D eigenvalue weighted by Crippen LogP contribution is 2.27. The number of pyridine rings is 1. The fourth-order valence-corrected chi connectivity index (χ4v) is 3.26. The molecule has 7 heteroatoms. The molecular formula is C16H17N5OS. The van der Waals surface area contributed by atoms with E-state index in [-0.39, 0.29) is 5.92 Å². The van der Waals surface area contributed by atoms with Gasteiger partial charge in [-0.05, 0) is 24.4 Å². The summed E-state index contributed by atoms with van der Waals surface area (Å²) in [5.41, 5.74) is 1.05. The van der Waals surface area contributed by atoms with Crippen LogP contribution >= 0.6 is 11.3 Å². The number of hydrogen-bond donors (Lipinski definition) is 3. The molecule has 2 aromatic heterocycles. The third-order valence-electron chi connectivity index (χ3n) is 4.05. The van der Waals surface area contributed by atoms with Crippen LogP contribution in [0, 0.1) is 12.8 Å². The molecule has 1 unspecified atom stereocenters. The van der Waals surface area contributed by atoms with Gasteiger partial charge in [0, 0.05) is 36.2 Å². The number of fused-ring (bicyclic) bond motifs is 1. The predicted octanol–water partition coefficient (Wildman–Crippen LogP) is 2.01. The zero-order chi connectivity index (χ0) is 15.8. The molecule has 3 N–H and O–H groups in total. The molecule has 3 heterocycles. The lowest BCUT2D eigenvalue weighted by Crippen LogP contribution is -2.51. The summed E-state index contributed by atoms with van der Waals surface area (Å²) in [5, 5.41) is 28.6. The zero-order valence-corrected chi connectivity index (χ0v) is 13.5. The molecule has 1 saturated heterocycles. The SMILES string of the molecule is Cc1nnc(-c2ccc3cnc(NC(O)C4CNC4)cc3c2)s1. The number of hydrogen-bond acceptors (Lipinski definition) is 7. The van der Waals surface area contributed by atoms with Crippen molar-refractivity contribution in [2.24, 2.45) is 5.92 Å². The number of aliphatic hydroxyl groups excluding tert-OH is 1. The Balaban J connectivity index is 1.63. The Kier molecular flexibility index (Phi) is 3.68. The highest BCUT2D eigenvalue weighted by atomic mass is 32.1. The quantitative estimate of drug-likeness (QED) is 0.636. The summed E-state index contributed by atoms with van der Waals surface area (Å²) < 4.78 is 0. The van der Waals surface area contributed by atoms with E-state index in [0.717, 1.165) is 39.4 Å². The van der Waals surface area contributed by atoms with Gasteiger partial charge in [0.25, 0.3) is 0 Å². The van der Waals surface area contributed by atoms with Gasteiger partial charge in [0.15, 0.2) is 0 Å². The molecule has 0 bridgehead atoms. The molecule has 1 fully saturated rings. The molecule has 0 saturated carbocycles. The van der Waals surface area contributed by atoms with Crippen molar-refractivity contribution in [3.63, 3.8) is 0 Å². The second kappa shape index (κ2) is 5.84. The summed E-state index contributed by atoms with van der Waals surface area (Å²) >= 11 is 1.58. The summed E-state index contributed by atoms with van der Waals surface area (Å²) in [4.78, 5) is 4.38. The Labute approximate surface area is 137 Å². The van der Waals surface area contributed by atoms with Gasteiger partial charge in [-0.3, -0.25) is 0 Å². The third-order valence-corrected chi connectivity index (χ3v) is 4.94. The van der Waals surface area contributed by atoms with Crippen LogP contribution < -0.4 is 10.6 Å². The van der Waals surface area contributed by atoms with Crippen LogP contribution in [0.4, 0.5) is 5.82 Å². The normalized spacial score (nSPS) is 16.3. The number of anilines is 1. The standard InChI is InChI=1S/C16H17N5OS/c1-9-20-21-16(23-9)10-2-3-11-8-18-14(5-12(11)4-10)19-15(22)13-6-17-7-13/h2-5,8,13,15,17,22H,6-7H2,1H3,(H,18,19). The summed E-state index contributed by atoms with van der Waals surface area (Å²) in [6.07, 6.45) is 1.24. The number of rotatable bonds is 4. The summed E-state index contributed by atoms with van der Waals surface area (Å²) in [6.45, 7) is 3.62. The largest absolute Gasteiger partial charge is 0.373 e. The maximum Gasteiger partial charge on any atom is 0.147 e. The van der Waals surface area contributed by atoms with Gasteiger partial charge in [0.05, 0.1) is 0 Å². The van der Waals surface area contributed by atoms with E-state index in [1.54, 1.807) is 11.3 Å². The van der Waals surface area contributed by atoms with E-state index in [2.05, 4.69) is 31.9 Å². The molecular weight excluding hydrogens is 310 g/mol. The maximum absolute atomic E-state index is 10.1. The van der Waals surface area contributed by atoms with Crippen molar-refractivity contribution in [3.05, 3.63) is 35.5 Å². The Bertz CT molecular complexity index is 845. The first kappa shape index (κ1) is 14.5. The van der Waals surface area contributed by atoms with E-state index in [1.165, 1.54) is 0 Å². The van der Waals surface area contributed by atoms with Gasteiger partial charge in [-0.2, -0.15) is 0 Å². The second-order valence-corrected chi connectivity index (χ2v) is 6.95. The predicted molar refractivity (Wildman–Crippen MR) is 91.4 cm³/mol. The van der Waals surface area contributed by atoms with Gasteiger partial charge in [-0.15, -0.1) is 10.2 Å². The van der Waals surface area contributed by atoms with Gasteiger partial charge in [0.1, 0.15) is 22.1 Å². The van der Waals surface area contributed by atoms with Crippen LogP contribution in [0.15, 0.2) is 30.5 Å². The summed E-state index contributed by atoms with van der Waals surface area (Å²) in [5.74, 6) is 0.922. The van der Waals surface area contributed by atoms with Crippen LogP contribution in [0.2, 0.25) is 0 Å². The van der Waals surface area contributed by atoms with Gasteiger partial charge in [0.2, 0.25) is 0 Å². The van der Waals surface area contributed by atoms with Crippen molar-refractivity contribution in [2.75, 3.05) is 18.4 Å². The average molecular weight is 327 g/mol. The topological polar surface area (TPSA) is 83.0 Å². The van der Waals surface area contributed by atoms with Crippen molar-refractivity contribution < 1.29 is 5.11 Å². The molecule has 3 aromatic rings. The Morgan fingerprint density at radius 2 is 2.13 bits per heavy atom. The molecule has 0 spiro atoms. The minimum atomic E-state index is -0.574. The molecule has 1 atom stereocenters. The second-order valence-electron chi connectivity index (χ2n) is 5.77. The van der Waals surface area contributed by atoms with Crippen molar-refractivity contribution in [2.45, 2.75) is 13.2 Å². The van der Waals surface area contributed by atoms with Gasteiger partial charge < -0.3 is 15.7 Å². The summed E-state index contributed by atoms with van der Waals surface area (Å²) in [7, 11) is 0. The van der Waals surface area contributed by atoms with Crippen molar-refractivity contribution in [1.29, 1.82) is 0 Å². The van der Waals surface area contributed by atoms with Crippen LogP contribution in [-0.2, 0) is 0 Å². The van der Waals surface area contributed by atoms with Crippen LogP contribution in [0.5, 0.6) is 0 Å². The Hall–Kier alpha value is -2.09. The highest BCUT2D eigenvalue weighted by Gasteiger charge is 2.25. The lowest BCUT2D eigenvalue weighted by molar-refractivity contribution is 0.0999. The molecule has 1 aliphatic rings. The summed E-state index contributed by atoms with van der Waals surface area (Å²) in [6, 6.07) is 8.11. The first-order valence-electron chi connectivity index (χ1n) is 7.55. The monoisotopic (exact) mass is 327 g/mol. The van der Waals surface area contributed by atoms with E-state index >= 15 is 0 Å². The molecule has 1 aliphatic heterocycles. The molecule has 23 heavy (non-hydrogen) atoms. The molecule has 1 aromatic carbocycles. The number of aryl methyl sites for hydroxylation is 1. The Morgan fingerprint density at radius 1 is 1.26 bits per heavy atom. The molecule has 0 amide bonds. The molecule has 4 rings (SSSR count). The van der Waals surface area contributed by atoms with Crippen LogP contribution in [0.1, 0.15) is 5.01 Å². The van der Waals surface area contributed by atoms with Gasteiger partial charge >= 0.3 is 0 Å². The van der Waals surface area contributed by atoms with Crippen LogP contribution in [0.25, 0.3) is 21.3 Å². The number of nitrogens with zero attached hydrogens (tertiary/aromatic N) is 3.